The lowest BCUT2D eigenvalue weighted by Gasteiger charge is -2.08. The molecular formula is C12H15BrN2O. The lowest BCUT2D eigenvalue weighted by Crippen LogP contribution is -2.14. The third-order valence-electron chi connectivity index (χ3n) is 2.68. The van der Waals surface area contributed by atoms with Gasteiger partial charge in [-0.15, -0.1) is 0 Å². The van der Waals surface area contributed by atoms with Crippen LogP contribution in [0.4, 0.5) is 0 Å². The maximum atomic E-state index is 10.0. The largest absolute Gasteiger partial charge is 0.506 e. The van der Waals surface area contributed by atoms with Crippen molar-refractivity contribution in [3.8, 4) is 5.75 Å². The monoisotopic (exact) mass is 282 g/mol. The number of benzene rings is 1. The molecule has 0 fully saturated rings. The summed E-state index contributed by atoms with van der Waals surface area (Å²) in [5.74, 6) is 0.326. The van der Waals surface area contributed by atoms with Crippen LogP contribution in [0.2, 0.25) is 0 Å². The van der Waals surface area contributed by atoms with E-state index in [1.54, 1.807) is 0 Å². The number of aromatic nitrogens is 1. The van der Waals surface area contributed by atoms with Crippen molar-refractivity contribution >= 4 is 26.8 Å². The maximum Gasteiger partial charge on any atom is 0.139 e. The van der Waals surface area contributed by atoms with E-state index in [1.165, 1.54) is 0 Å². The molecule has 3 nitrogen and oxygen atoms in total. The molecule has 1 heterocycles. The molecular weight excluding hydrogens is 268 g/mol. The second kappa shape index (κ2) is 4.47. The summed E-state index contributed by atoms with van der Waals surface area (Å²) >= 11 is 3.34. The van der Waals surface area contributed by atoms with E-state index in [0.29, 0.717) is 5.75 Å². The van der Waals surface area contributed by atoms with Crippen LogP contribution in [0.3, 0.4) is 0 Å². The van der Waals surface area contributed by atoms with Gasteiger partial charge in [-0.25, -0.2) is 0 Å². The van der Waals surface area contributed by atoms with Crippen LogP contribution < -0.4 is 0 Å². The first kappa shape index (κ1) is 11.5. The summed E-state index contributed by atoms with van der Waals surface area (Å²) in [6.07, 6.45) is 2.90. The maximum absolute atomic E-state index is 10.0. The van der Waals surface area contributed by atoms with Crippen molar-refractivity contribution in [2.75, 3.05) is 20.6 Å². The summed E-state index contributed by atoms with van der Waals surface area (Å²) in [6.45, 7) is 0.971. The number of aromatic amines is 1. The van der Waals surface area contributed by atoms with Crippen LogP contribution in [0.5, 0.6) is 5.75 Å². The minimum absolute atomic E-state index is 0.326. The van der Waals surface area contributed by atoms with Crippen LogP contribution in [0.15, 0.2) is 22.8 Å². The number of hydrogen-bond acceptors (Lipinski definition) is 2. The summed E-state index contributed by atoms with van der Waals surface area (Å²) in [5.41, 5.74) is 2.14. The molecule has 2 N–H and O–H groups in total. The van der Waals surface area contributed by atoms with Gasteiger partial charge in [0.05, 0.1) is 4.47 Å². The highest BCUT2D eigenvalue weighted by Crippen LogP contribution is 2.34. The van der Waals surface area contributed by atoms with Gasteiger partial charge in [-0.05, 0) is 54.1 Å². The van der Waals surface area contributed by atoms with Crippen molar-refractivity contribution in [1.29, 1.82) is 0 Å². The van der Waals surface area contributed by atoms with E-state index in [4.69, 9.17) is 0 Å². The lowest BCUT2D eigenvalue weighted by molar-refractivity contribution is 0.414. The van der Waals surface area contributed by atoms with Crippen molar-refractivity contribution < 1.29 is 5.11 Å². The number of hydrogen-bond donors (Lipinski definition) is 2. The van der Waals surface area contributed by atoms with E-state index < -0.39 is 0 Å². The van der Waals surface area contributed by atoms with Gasteiger partial charge < -0.3 is 15.0 Å². The molecule has 2 aromatic rings. The van der Waals surface area contributed by atoms with Crippen molar-refractivity contribution in [2.24, 2.45) is 0 Å². The first-order chi connectivity index (χ1) is 7.59. The lowest BCUT2D eigenvalue weighted by atomic mass is 10.1. The molecule has 0 radical (unpaired) electrons. The van der Waals surface area contributed by atoms with Gasteiger partial charge in [-0.2, -0.15) is 0 Å². The summed E-state index contributed by atoms with van der Waals surface area (Å²) in [5, 5.41) is 10.9. The Morgan fingerprint density at radius 1 is 1.38 bits per heavy atom. The quantitative estimate of drug-likeness (QED) is 0.909. The van der Waals surface area contributed by atoms with Gasteiger partial charge >= 0.3 is 0 Å². The smallest absolute Gasteiger partial charge is 0.139 e. The Bertz CT molecular complexity index is 505. The number of nitrogens with one attached hydrogen (secondary N) is 1. The molecule has 0 atom stereocenters. The molecule has 0 saturated carbocycles. The summed E-state index contributed by atoms with van der Waals surface area (Å²) in [7, 11) is 4.09. The zero-order valence-corrected chi connectivity index (χ0v) is 11.0. The van der Waals surface area contributed by atoms with Gasteiger partial charge in [-0.1, -0.05) is 0 Å². The van der Waals surface area contributed by atoms with Gasteiger partial charge in [0.15, 0.2) is 0 Å². The summed E-state index contributed by atoms with van der Waals surface area (Å²) in [4.78, 5) is 5.31. The molecule has 0 saturated heterocycles. The Balaban J connectivity index is 2.42. The van der Waals surface area contributed by atoms with Gasteiger partial charge in [0.25, 0.3) is 0 Å². The summed E-state index contributed by atoms with van der Waals surface area (Å²) in [6, 6.07) is 3.82. The molecule has 16 heavy (non-hydrogen) atoms. The SMILES string of the molecule is CN(C)CCc1c[nH]c2ccc(Br)c(O)c12. The summed E-state index contributed by atoms with van der Waals surface area (Å²) < 4.78 is 0.741. The Kier molecular flexibility index (Phi) is 3.21. The van der Waals surface area contributed by atoms with Gasteiger partial charge in [-0.3, -0.25) is 0 Å². The number of aromatic hydroxyl groups is 1. The van der Waals surface area contributed by atoms with Crippen molar-refractivity contribution in [2.45, 2.75) is 6.42 Å². The minimum Gasteiger partial charge on any atom is -0.506 e. The highest BCUT2D eigenvalue weighted by Gasteiger charge is 2.10. The van der Waals surface area contributed by atoms with Crippen molar-refractivity contribution in [3.05, 3.63) is 28.4 Å². The van der Waals surface area contributed by atoms with Crippen molar-refractivity contribution in [3.63, 3.8) is 0 Å². The predicted octanol–water partition coefficient (Wildman–Crippen LogP) is 2.74. The third-order valence-corrected chi connectivity index (χ3v) is 3.32. The number of phenols is 1. The van der Waals surface area contributed by atoms with Crippen LogP contribution >= 0.6 is 15.9 Å². The van der Waals surface area contributed by atoms with Crippen LogP contribution in [0.25, 0.3) is 10.9 Å². The van der Waals surface area contributed by atoms with E-state index in [2.05, 4.69) is 25.8 Å². The Hall–Kier alpha value is -1.00. The van der Waals surface area contributed by atoms with E-state index in [1.807, 2.05) is 32.4 Å². The molecule has 1 aromatic carbocycles. The zero-order valence-electron chi connectivity index (χ0n) is 9.42. The second-order valence-electron chi connectivity index (χ2n) is 4.19. The highest BCUT2D eigenvalue weighted by atomic mass is 79.9. The molecule has 0 aliphatic heterocycles. The van der Waals surface area contributed by atoms with E-state index >= 15 is 0 Å². The molecule has 0 unspecified atom stereocenters. The average Bonchev–Trinajstić information content (AvgIpc) is 2.64. The van der Waals surface area contributed by atoms with Crippen molar-refractivity contribution in [1.82, 2.24) is 9.88 Å². The number of fused-ring (bicyclic) bond motifs is 1. The predicted molar refractivity (Wildman–Crippen MR) is 69.9 cm³/mol. The molecule has 0 aliphatic rings. The molecule has 0 spiro atoms. The number of rotatable bonds is 3. The van der Waals surface area contributed by atoms with Crippen LogP contribution in [0, 0.1) is 0 Å². The molecule has 0 amide bonds. The fraction of sp³-hybridized carbons (Fsp3) is 0.333. The second-order valence-corrected chi connectivity index (χ2v) is 5.04. The molecule has 2 rings (SSSR count). The van der Waals surface area contributed by atoms with Crippen LogP contribution in [-0.4, -0.2) is 35.6 Å². The normalized spacial score (nSPS) is 11.5. The molecule has 0 aliphatic carbocycles. The number of halogens is 1. The Labute approximate surface area is 103 Å². The van der Waals surface area contributed by atoms with Gasteiger partial charge in [0.1, 0.15) is 5.75 Å². The zero-order chi connectivity index (χ0) is 11.7. The Morgan fingerprint density at radius 3 is 2.81 bits per heavy atom. The number of phenolic OH excluding ortho intramolecular Hbond substituents is 1. The topological polar surface area (TPSA) is 39.3 Å². The highest BCUT2D eigenvalue weighted by molar-refractivity contribution is 9.10. The van der Waals surface area contributed by atoms with Gasteiger partial charge in [0, 0.05) is 23.6 Å². The first-order valence-corrected chi connectivity index (χ1v) is 6.01. The minimum atomic E-state index is 0.326. The first-order valence-electron chi connectivity index (χ1n) is 5.21. The average molecular weight is 283 g/mol. The Morgan fingerprint density at radius 2 is 2.12 bits per heavy atom. The number of nitrogens with zero attached hydrogens (tertiary/aromatic N) is 1. The number of H-pyrrole nitrogens is 1. The van der Waals surface area contributed by atoms with Crippen LogP contribution in [0.1, 0.15) is 5.56 Å². The van der Waals surface area contributed by atoms with Crippen LogP contribution in [-0.2, 0) is 6.42 Å². The standard InChI is InChI=1S/C12H15BrN2O/c1-15(2)6-5-8-7-14-10-4-3-9(13)12(16)11(8)10/h3-4,7,14,16H,5-6H2,1-2H3. The molecule has 1 aromatic heterocycles. The third kappa shape index (κ3) is 2.08. The van der Waals surface area contributed by atoms with E-state index in [-0.39, 0.29) is 0 Å². The van der Waals surface area contributed by atoms with Gasteiger partial charge in [0.2, 0.25) is 0 Å². The number of likely N-dealkylation sites (N-methyl/N-ethyl adjacent to an activating group) is 1. The molecule has 86 valence electrons. The fourth-order valence-corrected chi connectivity index (χ4v) is 2.12. The van der Waals surface area contributed by atoms with E-state index in [0.717, 1.165) is 33.9 Å². The molecule has 4 heteroatoms. The fourth-order valence-electron chi connectivity index (χ4n) is 1.79. The van der Waals surface area contributed by atoms with E-state index in [9.17, 15) is 5.11 Å². The molecule has 0 bridgehead atoms.